The average molecular weight is 409 g/mol. The molecule has 0 aliphatic heterocycles. The van der Waals surface area contributed by atoms with E-state index in [1.165, 1.54) is 24.0 Å². The van der Waals surface area contributed by atoms with Crippen molar-refractivity contribution in [1.82, 2.24) is 9.97 Å². The Morgan fingerprint density at radius 2 is 1.77 bits per heavy atom. The Morgan fingerprint density at radius 1 is 1.10 bits per heavy atom. The van der Waals surface area contributed by atoms with E-state index in [4.69, 9.17) is 4.99 Å². The molecule has 1 rings (SSSR count). The van der Waals surface area contributed by atoms with Crippen LogP contribution in [0.15, 0.2) is 65.1 Å². The minimum Gasteiger partial charge on any atom is -0.344 e. The maximum atomic E-state index is 4.70. The topological polar surface area (TPSA) is 41.4 Å². The molecule has 0 saturated heterocycles. The van der Waals surface area contributed by atoms with Crippen LogP contribution in [0.2, 0.25) is 0 Å². The van der Waals surface area contributed by atoms with Crippen molar-refractivity contribution in [2.45, 2.75) is 73.1 Å². The van der Waals surface area contributed by atoms with Gasteiger partial charge in [-0.1, -0.05) is 57.1 Å². The van der Waals surface area contributed by atoms with Crippen molar-refractivity contribution in [2.75, 3.05) is 18.5 Å². The highest BCUT2D eigenvalue weighted by atomic mass is 15.2. The molecule has 0 spiro atoms. The molecule has 0 radical (unpaired) electrons. The molecule has 0 unspecified atom stereocenters. The first-order valence-electron chi connectivity index (χ1n) is 11.2. The number of anilines is 1. The van der Waals surface area contributed by atoms with Crippen LogP contribution in [-0.4, -0.2) is 29.3 Å². The minimum absolute atomic E-state index is 0.657. The molecule has 164 valence electrons. The van der Waals surface area contributed by atoms with Crippen LogP contribution in [0.4, 0.5) is 5.95 Å². The number of rotatable bonds is 13. The first-order valence-corrected chi connectivity index (χ1v) is 11.2. The van der Waals surface area contributed by atoms with Crippen molar-refractivity contribution < 1.29 is 0 Å². The van der Waals surface area contributed by atoms with E-state index in [1.54, 1.807) is 0 Å². The second kappa shape index (κ2) is 14.5. The van der Waals surface area contributed by atoms with Gasteiger partial charge in [-0.25, -0.2) is 9.97 Å². The predicted molar refractivity (Wildman–Crippen MR) is 132 cm³/mol. The molecule has 0 fully saturated rings. The third kappa shape index (κ3) is 8.48. The van der Waals surface area contributed by atoms with E-state index in [0.717, 1.165) is 48.6 Å². The third-order valence-electron chi connectivity index (χ3n) is 5.00. The molecule has 30 heavy (non-hydrogen) atoms. The van der Waals surface area contributed by atoms with Gasteiger partial charge >= 0.3 is 0 Å². The summed E-state index contributed by atoms with van der Waals surface area (Å²) in [6, 6.07) is 0. The summed E-state index contributed by atoms with van der Waals surface area (Å²) in [5.74, 6) is 0.767. The Hall–Kier alpha value is -2.49. The molecule has 0 amide bonds. The number of aromatic nitrogens is 2. The van der Waals surface area contributed by atoms with Crippen molar-refractivity contribution in [3.8, 4) is 0 Å². The number of hydrogen-bond donors (Lipinski definition) is 0. The summed E-state index contributed by atoms with van der Waals surface area (Å²) in [7, 11) is 2.04. The average Bonchev–Trinajstić information content (AvgIpc) is 2.76. The van der Waals surface area contributed by atoms with Crippen LogP contribution in [0.1, 0.15) is 72.3 Å². The summed E-state index contributed by atoms with van der Waals surface area (Å²) in [6.07, 6.45) is 18.2. The van der Waals surface area contributed by atoms with E-state index in [-0.39, 0.29) is 0 Å². The van der Waals surface area contributed by atoms with E-state index < -0.39 is 0 Å². The third-order valence-corrected chi connectivity index (χ3v) is 5.00. The van der Waals surface area contributed by atoms with Gasteiger partial charge in [-0.05, 0) is 56.7 Å². The lowest BCUT2D eigenvalue weighted by Crippen LogP contribution is -2.21. The number of hydrogen-bond acceptors (Lipinski definition) is 4. The molecule has 1 aromatic heterocycles. The second-order valence-corrected chi connectivity index (χ2v) is 7.68. The zero-order valence-corrected chi connectivity index (χ0v) is 19.9. The van der Waals surface area contributed by atoms with Crippen LogP contribution in [-0.2, 0) is 6.42 Å². The van der Waals surface area contributed by atoms with Crippen molar-refractivity contribution >= 4 is 11.7 Å². The zero-order chi connectivity index (χ0) is 22.4. The van der Waals surface area contributed by atoms with Gasteiger partial charge in [0.1, 0.15) is 0 Å². The van der Waals surface area contributed by atoms with Crippen molar-refractivity contribution in [3.63, 3.8) is 0 Å². The van der Waals surface area contributed by atoms with Gasteiger partial charge in [0.25, 0.3) is 0 Å². The standard InChI is InChI=1S/C26H40N4/c1-8-12-15-21(5)24(14-10-3)22(6)25(27-16-11-4)18-23-19-28-26(29-20-23)30(7)17-13-9-2/h10-11,14,16,19-20H,6,8-9,12-13,15,17-18H2,1-5,7H3/b14-10-,16-11-,24-21-,27-25-. The van der Waals surface area contributed by atoms with Crippen molar-refractivity contribution in [1.29, 1.82) is 0 Å². The fraction of sp³-hybridized carbons (Fsp3) is 0.500. The van der Waals surface area contributed by atoms with E-state index >= 15 is 0 Å². The zero-order valence-electron chi connectivity index (χ0n) is 19.9. The highest BCUT2D eigenvalue weighted by Gasteiger charge is 2.13. The molecule has 0 aromatic carbocycles. The molecule has 0 aliphatic carbocycles. The molecule has 0 atom stereocenters. The van der Waals surface area contributed by atoms with Crippen molar-refractivity contribution in [2.24, 2.45) is 4.99 Å². The van der Waals surface area contributed by atoms with Gasteiger partial charge in [0, 0.05) is 38.6 Å². The van der Waals surface area contributed by atoms with Crippen LogP contribution in [0.25, 0.3) is 0 Å². The molecule has 4 nitrogen and oxygen atoms in total. The second-order valence-electron chi connectivity index (χ2n) is 7.68. The minimum atomic E-state index is 0.657. The van der Waals surface area contributed by atoms with Gasteiger partial charge in [0.2, 0.25) is 5.95 Å². The van der Waals surface area contributed by atoms with E-state index in [0.29, 0.717) is 6.42 Å². The molecule has 4 heteroatoms. The monoisotopic (exact) mass is 408 g/mol. The van der Waals surface area contributed by atoms with Gasteiger partial charge in [0.05, 0.1) is 5.71 Å². The van der Waals surface area contributed by atoms with Gasteiger partial charge in [-0.2, -0.15) is 0 Å². The molecule has 1 heterocycles. The number of aliphatic imine (C=N–C) groups is 1. The number of unbranched alkanes of at least 4 members (excludes halogenated alkanes) is 2. The lowest BCUT2D eigenvalue weighted by molar-refractivity contribution is 0.749. The van der Waals surface area contributed by atoms with Crippen molar-refractivity contribution in [3.05, 3.63) is 65.7 Å². The summed E-state index contributed by atoms with van der Waals surface area (Å²) in [5.41, 5.74) is 5.51. The Morgan fingerprint density at radius 3 is 2.33 bits per heavy atom. The van der Waals surface area contributed by atoms with E-state index in [1.807, 2.05) is 45.6 Å². The quantitative estimate of drug-likeness (QED) is 0.264. The van der Waals surface area contributed by atoms with Crippen LogP contribution < -0.4 is 4.90 Å². The van der Waals surface area contributed by atoms with Gasteiger partial charge in [0.15, 0.2) is 0 Å². The SMILES string of the molecule is C=C(/C(Cc1cnc(N(C)CCCC)nc1)=N\C=C/C)C(/C=C\C)=C(/C)CCCC. The number of nitrogens with zero attached hydrogens (tertiary/aromatic N) is 4. The highest BCUT2D eigenvalue weighted by Crippen LogP contribution is 2.23. The Labute approximate surface area is 184 Å². The molecule has 1 aromatic rings. The van der Waals surface area contributed by atoms with Gasteiger partial charge < -0.3 is 4.90 Å². The Balaban J connectivity index is 3.11. The maximum absolute atomic E-state index is 4.70. The summed E-state index contributed by atoms with van der Waals surface area (Å²) < 4.78 is 0. The lowest BCUT2D eigenvalue weighted by atomic mass is 9.92. The van der Waals surface area contributed by atoms with E-state index in [2.05, 4.69) is 54.4 Å². The normalized spacial score (nSPS) is 13.2. The van der Waals surface area contributed by atoms with E-state index in [9.17, 15) is 0 Å². The summed E-state index contributed by atoms with van der Waals surface area (Å²) in [4.78, 5) is 15.9. The first-order chi connectivity index (χ1) is 14.5. The van der Waals surface area contributed by atoms with Crippen LogP contribution in [0.3, 0.4) is 0 Å². The van der Waals surface area contributed by atoms with Crippen LogP contribution in [0, 0.1) is 0 Å². The van der Waals surface area contributed by atoms with Crippen LogP contribution in [0.5, 0.6) is 0 Å². The number of allylic oxidation sites excluding steroid dienone is 6. The largest absolute Gasteiger partial charge is 0.344 e. The maximum Gasteiger partial charge on any atom is 0.224 e. The smallest absolute Gasteiger partial charge is 0.224 e. The molecule has 0 bridgehead atoms. The molecule has 0 aliphatic rings. The summed E-state index contributed by atoms with van der Waals surface area (Å²) >= 11 is 0. The van der Waals surface area contributed by atoms with Gasteiger partial charge in [-0.3, -0.25) is 4.99 Å². The Kier molecular flexibility index (Phi) is 12.3. The predicted octanol–water partition coefficient (Wildman–Crippen LogP) is 6.87. The van der Waals surface area contributed by atoms with Gasteiger partial charge in [-0.15, -0.1) is 0 Å². The fourth-order valence-electron chi connectivity index (χ4n) is 3.12. The lowest BCUT2D eigenvalue weighted by Gasteiger charge is -2.17. The van der Waals surface area contributed by atoms with Crippen LogP contribution >= 0.6 is 0 Å². The molecule has 0 N–H and O–H groups in total. The molecule has 0 saturated carbocycles. The Bertz CT molecular complexity index is 767. The molecular weight excluding hydrogens is 368 g/mol. The highest BCUT2D eigenvalue weighted by molar-refractivity contribution is 6.05. The fourth-order valence-corrected chi connectivity index (χ4v) is 3.12. The molecular formula is C26H40N4. The summed E-state index contributed by atoms with van der Waals surface area (Å²) in [5, 5.41) is 0. The first kappa shape index (κ1) is 25.5. The summed E-state index contributed by atoms with van der Waals surface area (Å²) in [6.45, 7) is 16.0.